The summed E-state index contributed by atoms with van der Waals surface area (Å²) in [7, 11) is 0. The van der Waals surface area contributed by atoms with Crippen molar-refractivity contribution in [2.45, 2.75) is 12.8 Å². The molecule has 1 aromatic carbocycles. The van der Waals surface area contributed by atoms with Crippen LogP contribution in [0.25, 0.3) is 0 Å². The highest BCUT2D eigenvalue weighted by Crippen LogP contribution is 2.32. The summed E-state index contributed by atoms with van der Waals surface area (Å²) < 4.78 is 0. The van der Waals surface area contributed by atoms with Gasteiger partial charge in [-0.15, -0.1) is 11.6 Å². The summed E-state index contributed by atoms with van der Waals surface area (Å²) in [5.41, 5.74) is 0.994. The Bertz CT molecular complexity index is 276. The van der Waals surface area contributed by atoms with E-state index in [-0.39, 0.29) is 15.8 Å². The van der Waals surface area contributed by atoms with Gasteiger partial charge in [-0.25, -0.2) is 0 Å². The molecule has 0 aromatic heterocycles. The molecule has 1 rings (SSSR count). The molecule has 4 heteroatoms. The normalized spacial score (nSPS) is 10.4. The van der Waals surface area contributed by atoms with E-state index in [4.69, 9.17) is 34.8 Å². The second-order valence-electron chi connectivity index (χ2n) is 2.70. The van der Waals surface area contributed by atoms with Crippen LogP contribution in [0.4, 0.5) is 0 Å². The van der Waals surface area contributed by atoms with Gasteiger partial charge in [0.2, 0.25) is 0 Å². The zero-order valence-corrected chi connectivity index (χ0v) is 9.12. The van der Waals surface area contributed by atoms with Gasteiger partial charge in [-0.3, -0.25) is 0 Å². The minimum absolute atomic E-state index is 0.0574. The maximum absolute atomic E-state index is 9.27. The van der Waals surface area contributed by atoms with Gasteiger partial charge in [-0.05, 0) is 30.5 Å². The molecule has 0 heterocycles. The van der Waals surface area contributed by atoms with Crippen LogP contribution in [0.3, 0.4) is 0 Å². The number of alkyl halides is 1. The predicted octanol–water partition coefficient (Wildman–Crippen LogP) is 3.87. The highest BCUT2D eigenvalue weighted by molar-refractivity contribution is 6.37. The molecule has 13 heavy (non-hydrogen) atoms. The molecule has 0 saturated heterocycles. The van der Waals surface area contributed by atoms with Crippen LogP contribution in [0.5, 0.6) is 5.75 Å². The molecule has 72 valence electrons. The van der Waals surface area contributed by atoms with Gasteiger partial charge in [0.25, 0.3) is 0 Å². The minimum atomic E-state index is -0.0574. The van der Waals surface area contributed by atoms with E-state index in [1.54, 1.807) is 12.1 Å². The van der Waals surface area contributed by atoms with Crippen molar-refractivity contribution in [1.82, 2.24) is 0 Å². The summed E-state index contributed by atoms with van der Waals surface area (Å²) in [4.78, 5) is 0. The van der Waals surface area contributed by atoms with Crippen LogP contribution in [-0.2, 0) is 6.42 Å². The Balaban J connectivity index is 2.86. The topological polar surface area (TPSA) is 20.2 Å². The molecule has 0 amide bonds. The molecular formula is C9H9Cl3O. The molecule has 0 saturated carbocycles. The Labute approximate surface area is 92.2 Å². The van der Waals surface area contributed by atoms with Crippen molar-refractivity contribution in [3.05, 3.63) is 27.7 Å². The smallest absolute Gasteiger partial charge is 0.152 e. The van der Waals surface area contributed by atoms with Crippen molar-refractivity contribution in [1.29, 1.82) is 0 Å². The third kappa shape index (κ3) is 2.94. The van der Waals surface area contributed by atoms with Gasteiger partial charge in [0.15, 0.2) is 5.75 Å². The average molecular weight is 240 g/mol. The molecule has 0 bridgehead atoms. The molecule has 0 spiro atoms. The number of aryl methyl sites for hydroxylation is 1. The SMILES string of the molecule is Oc1c(Cl)cc(CCCCl)cc1Cl. The van der Waals surface area contributed by atoms with Crippen LogP contribution in [-0.4, -0.2) is 11.0 Å². The lowest BCUT2D eigenvalue weighted by Gasteiger charge is -2.04. The number of halogens is 3. The lowest BCUT2D eigenvalue weighted by Crippen LogP contribution is -1.86. The maximum Gasteiger partial charge on any atom is 0.152 e. The molecule has 0 radical (unpaired) electrons. The second-order valence-corrected chi connectivity index (χ2v) is 3.89. The van der Waals surface area contributed by atoms with E-state index < -0.39 is 0 Å². The van der Waals surface area contributed by atoms with Gasteiger partial charge >= 0.3 is 0 Å². The first-order valence-electron chi connectivity index (χ1n) is 3.88. The quantitative estimate of drug-likeness (QED) is 0.794. The second kappa shape index (κ2) is 4.94. The van der Waals surface area contributed by atoms with E-state index in [1.807, 2.05) is 0 Å². The van der Waals surface area contributed by atoms with Gasteiger partial charge < -0.3 is 5.11 Å². The standard InChI is InChI=1S/C9H9Cl3O/c10-3-1-2-6-4-7(11)9(13)8(12)5-6/h4-5,13H,1-3H2. The van der Waals surface area contributed by atoms with Crippen LogP contribution >= 0.6 is 34.8 Å². The van der Waals surface area contributed by atoms with Crippen molar-refractivity contribution in [3.8, 4) is 5.75 Å². The number of rotatable bonds is 3. The fraction of sp³-hybridized carbons (Fsp3) is 0.333. The Morgan fingerprint density at radius 3 is 2.15 bits per heavy atom. The van der Waals surface area contributed by atoms with Crippen LogP contribution in [0, 0.1) is 0 Å². The molecule has 1 nitrogen and oxygen atoms in total. The van der Waals surface area contributed by atoms with Crippen molar-refractivity contribution in [2.24, 2.45) is 0 Å². The molecule has 0 aliphatic rings. The van der Waals surface area contributed by atoms with Crippen LogP contribution < -0.4 is 0 Å². The minimum Gasteiger partial charge on any atom is -0.505 e. The van der Waals surface area contributed by atoms with Gasteiger partial charge in [-0.1, -0.05) is 23.2 Å². The summed E-state index contributed by atoms with van der Waals surface area (Å²) in [6, 6.07) is 3.41. The fourth-order valence-electron chi connectivity index (χ4n) is 1.03. The number of phenols is 1. The molecule has 0 atom stereocenters. The molecule has 0 unspecified atom stereocenters. The third-order valence-corrected chi connectivity index (χ3v) is 2.52. The number of aromatic hydroxyl groups is 1. The third-order valence-electron chi connectivity index (χ3n) is 1.68. The Kier molecular flexibility index (Phi) is 4.17. The first-order chi connectivity index (χ1) is 6.15. The van der Waals surface area contributed by atoms with Crippen molar-refractivity contribution < 1.29 is 5.11 Å². The molecular weight excluding hydrogens is 230 g/mol. The fourth-order valence-corrected chi connectivity index (χ4v) is 1.70. The highest BCUT2D eigenvalue weighted by Gasteiger charge is 2.05. The van der Waals surface area contributed by atoms with Gasteiger partial charge in [0.05, 0.1) is 10.0 Å². The molecule has 1 N–H and O–H groups in total. The first kappa shape index (κ1) is 11.0. The summed E-state index contributed by atoms with van der Waals surface area (Å²) in [5.74, 6) is 0.550. The van der Waals surface area contributed by atoms with Crippen LogP contribution in [0.2, 0.25) is 10.0 Å². The number of phenolic OH excluding ortho intramolecular Hbond substituents is 1. The molecule has 1 aromatic rings. The Morgan fingerprint density at radius 1 is 1.15 bits per heavy atom. The van der Waals surface area contributed by atoms with Gasteiger partial charge in [-0.2, -0.15) is 0 Å². The van der Waals surface area contributed by atoms with Crippen LogP contribution in [0.15, 0.2) is 12.1 Å². The Morgan fingerprint density at radius 2 is 1.69 bits per heavy atom. The van der Waals surface area contributed by atoms with Crippen molar-refractivity contribution in [3.63, 3.8) is 0 Å². The zero-order valence-electron chi connectivity index (χ0n) is 6.86. The largest absolute Gasteiger partial charge is 0.505 e. The summed E-state index contributed by atoms with van der Waals surface area (Å²) in [6.45, 7) is 0. The van der Waals surface area contributed by atoms with Crippen molar-refractivity contribution >= 4 is 34.8 Å². The summed E-state index contributed by atoms with van der Waals surface area (Å²) in [5, 5.41) is 9.84. The average Bonchev–Trinajstić information content (AvgIpc) is 2.10. The lowest BCUT2D eigenvalue weighted by atomic mass is 10.1. The van der Waals surface area contributed by atoms with Crippen LogP contribution in [0.1, 0.15) is 12.0 Å². The van der Waals surface area contributed by atoms with E-state index in [0.29, 0.717) is 5.88 Å². The number of hydrogen-bond acceptors (Lipinski definition) is 1. The monoisotopic (exact) mass is 238 g/mol. The van der Waals surface area contributed by atoms with Gasteiger partial charge in [0, 0.05) is 5.88 Å². The van der Waals surface area contributed by atoms with E-state index in [9.17, 15) is 5.11 Å². The van der Waals surface area contributed by atoms with E-state index in [1.165, 1.54) is 0 Å². The molecule has 0 aliphatic heterocycles. The Hall–Kier alpha value is -0.110. The van der Waals surface area contributed by atoms with E-state index in [0.717, 1.165) is 18.4 Å². The zero-order chi connectivity index (χ0) is 9.84. The predicted molar refractivity (Wildman–Crippen MR) is 57.2 cm³/mol. The van der Waals surface area contributed by atoms with E-state index >= 15 is 0 Å². The molecule has 0 fully saturated rings. The van der Waals surface area contributed by atoms with Crippen molar-refractivity contribution in [2.75, 3.05) is 5.88 Å². The maximum atomic E-state index is 9.27. The molecule has 0 aliphatic carbocycles. The van der Waals surface area contributed by atoms with E-state index in [2.05, 4.69) is 0 Å². The number of hydrogen-bond donors (Lipinski definition) is 1. The van der Waals surface area contributed by atoms with Gasteiger partial charge in [0.1, 0.15) is 0 Å². The lowest BCUT2D eigenvalue weighted by molar-refractivity contribution is 0.475. The summed E-state index contributed by atoms with van der Waals surface area (Å²) in [6.07, 6.45) is 1.70. The number of benzene rings is 1. The summed E-state index contributed by atoms with van der Waals surface area (Å²) >= 11 is 17.0. The highest BCUT2D eigenvalue weighted by atomic mass is 35.5. The first-order valence-corrected chi connectivity index (χ1v) is 5.17.